The van der Waals surface area contributed by atoms with E-state index in [1.807, 2.05) is 19.0 Å². The molecule has 2 unspecified atom stereocenters. The van der Waals surface area contributed by atoms with E-state index in [1.165, 1.54) is 12.8 Å². The van der Waals surface area contributed by atoms with Crippen LogP contribution in [0.5, 0.6) is 0 Å². The second kappa shape index (κ2) is 7.67. The van der Waals surface area contributed by atoms with Crippen LogP contribution in [0.1, 0.15) is 26.2 Å². The molecule has 1 fully saturated rings. The zero-order valence-electron chi connectivity index (χ0n) is 11.5. The normalized spacial score (nSPS) is 22.2. The van der Waals surface area contributed by atoms with Gasteiger partial charge in [-0.2, -0.15) is 0 Å². The second-order valence-electron chi connectivity index (χ2n) is 5.21. The third-order valence-corrected chi connectivity index (χ3v) is 3.76. The molecule has 0 radical (unpaired) electrons. The molecule has 0 aromatic rings. The fraction of sp³-hybridized carbons (Fsp3) is 0.923. The molecule has 0 spiro atoms. The standard InChI is InChI=1S/C13H27N3O/c1-11(12-5-4-6-15-10-12)9-13(17)16(3)8-7-14-2/h11-12,14-15H,4-10H2,1-3H3. The molecule has 17 heavy (non-hydrogen) atoms. The van der Waals surface area contributed by atoms with Gasteiger partial charge < -0.3 is 15.5 Å². The molecule has 4 nitrogen and oxygen atoms in total. The number of nitrogens with one attached hydrogen (secondary N) is 2. The summed E-state index contributed by atoms with van der Waals surface area (Å²) < 4.78 is 0. The molecule has 0 aromatic carbocycles. The Hall–Kier alpha value is -0.610. The molecular formula is C13H27N3O. The molecule has 0 aliphatic carbocycles. The van der Waals surface area contributed by atoms with Crippen LogP contribution in [0.25, 0.3) is 0 Å². The van der Waals surface area contributed by atoms with E-state index in [9.17, 15) is 4.79 Å². The molecule has 0 saturated carbocycles. The van der Waals surface area contributed by atoms with Gasteiger partial charge in [-0.1, -0.05) is 6.92 Å². The summed E-state index contributed by atoms with van der Waals surface area (Å²) in [5.41, 5.74) is 0. The van der Waals surface area contributed by atoms with Crippen LogP contribution in [0.15, 0.2) is 0 Å². The molecule has 1 amide bonds. The van der Waals surface area contributed by atoms with Crippen LogP contribution in [0.2, 0.25) is 0 Å². The molecule has 100 valence electrons. The van der Waals surface area contributed by atoms with Crippen LogP contribution in [0.4, 0.5) is 0 Å². The smallest absolute Gasteiger partial charge is 0.222 e. The summed E-state index contributed by atoms with van der Waals surface area (Å²) in [6.45, 7) is 6.09. The third kappa shape index (κ3) is 5.04. The number of piperidine rings is 1. The van der Waals surface area contributed by atoms with Crippen molar-refractivity contribution in [2.75, 3.05) is 40.3 Å². The predicted molar refractivity (Wildman–Crippen MR) is 70.9 cm³/mol. The van der Waals surface area contributed by atoms with Gasteiger partial charge in [0.05, 0.1) is 0 Å². The van der Waals surface area contributed by atoms with Gasteiger partial charge in [-0.25, -0.2) is 0 Å². The van der Waals surface area contributed by atoms with Crippen molar-refractivity contribution in [3.8, 4) is 0 Å². The Morgan fingerprint density at radius 3 is 2.94 bits per heavy atom. The largest absolute Gasteiger partial charge is 0.344 e. The van der Waals surface area contributed by atoms with E-state index < -0.39 is 0 Å². The highest BCUT2D eigenvalue weighted by Crippen LogP contribution is 2.22. The Bertz CT molecular complexity index is 227. The molecule has 4 heteroatoms. The quantitative estimate of drug-likeness (QED) is 0.719. The van der Waals surface area contributed by atoms with Crippen LogP contribution in [0, 0.1) is 11.8 Å². The predicted octanol–water partition coefficient (Wildman–Crippen LogP) is 0.690. The summed E-state index contributed by atoms with van der Waals surface area (Å²) in [7, 11) is 3.81. The first kappa shape index (κ1) is 14.5. The minimum absolute atomic E-state index is 0.276. The lowest BCUT2D eigenvalue weighted by Gasteiger charge is -2.29. The number of amides is 1. The van der Waals surface area contributed by atoms with Gasteiger partial charge in [0.15, 0.2) is 0 Å². The van der Waals surface area contributed by atoms with E-state index in [0.29, 0.717) is 18.3 Å². The number of rotatable bonds is 6. The van der Waals surface area contributed by atoms with Crippen molar-refractivity contribution in [1.82, 2.24) is 15.5 Å². The maximum atomic E-state index is 12.0. The zero-order chi connectivity index (χ0) is 12.7. The summed E-state index contributed by atoms with van der Waals surface area (Å²) in [4.78, 5) is 13.8. The van der Waals surface area contributed by atoms with Crippen LogP contribution in [-0.2, 0) is 4.79 Å². The van der Waals surface area contributed by atoms with Gasteiger partial charge >= 0.3 is 0 Å². The van der Waals surface area contributed by atoms with Crippen molar-refractivity contribution in [3.05, 3.63) is 0 Å². The van der Waals surface area contributed by atoms with E-state index in [1.54, 1.807) is 0 Å². The summed E-state index contributed by atoms with van der Waals surface area (Å²) in [6.07, 6.45) is 3.20. The number of nitrogens with zero attached hydrogens (tertiary/aromatic N) is 1. The summed E-state index contributed by atoms with van der Waals surface area (Å²) >= 11 is 0. The van der Waals surface area contributed by atoms with Crippen molar-refractivity contribution < 1.29 is 4.79 Å². The summed E-state index contributed by atoms with van der Waals surface area (Å²) in [5.74, 6) is 1.44. The Balaban J connectivity index is 2.28. The van der Waals surface area contributed by atoms with Crippen molar-refractivity contribution in [3.63, 3.8) is 0 Å². The Kier molecular flexibility index (Phi) is 6.52. The number of hydrogen-bond donors (Lipinski definition) is 2. The van der Waals surface area contributed by atoms with E-state index in [4.69, 9.17) is 0 Å². The van der Waals surface area contributed by atoms with E-state index in [0.717, 1.165) is 26.2 Å². The van der Waals surface area contributed by atoms with Crippen LogP contribution in [0.3, 0.4) is 0 Å². The fourth-order valence-corrected chi connectivity index (χ4v) is 2.37. The fourth-order valence-electron chi connectivity index (χ4n) is 2.37. The number of carbonyl (C=O) groups excluding carboxylic acids is 1. The maximum absolute atomic E-state index is 12.0. The highest BCUT2D eigenvalue weighted by atomic mass is 16.2. The van der Waals surface area contributed by atoms with Crippen LogP contribution in [-0.4, -0.2) is 51.1 Å². The average molecular weight is 241 g/mol. The first-order valence-corrected chi connectivity index (χ1v) is 6.74. The number of hydrogen-bond acceptors (Lipinski definition) is 3. The van der Waals surface area contributed by atoms with Gasteiger partial charge in [-0.05, 0) is 44.8 Å². The number of likely N-dealkylation sites (N-methyl/N-ethyl adjacent to an activating group) is 2. The first-order chi connectivity index (χ1) is 8.15. The molecule has 2 atom stereocenters. The van der Waals surface area contributed by atoms with Gasteiger partial charge in [0.2, 0.25) is 5.91 Å². The van der Waals surface area contributed by atoms with Crippen molar-refractivity contribution in [2.45, 2.75) is 26.2 Å². The van der Waals surface area contributed by atoms with E-state index >= 15 is 0 Å². The highest BCUT2D eigenvalue weighted by Gasteiger charge is 2.23. The van der Waals surface area contributed by atoms with E-state index in [-0.39, 0.29) is 5.91 Å². The van der Waals surface area contributed by atoms with Crippen molar-refractivity contribution in [1.29, 1.82) is 0 Å². The Labute approximate surface area is 105 Å². The molecule has 1 aliphatic rings. The van der Waals surface area contributed by atoms with Gasteiger partial charge in [0.1, 0.15) is 0 Å². The van der Waals surface area contributed by atoms with Gasteiger partial charge in [-0.15, -0.1) is 0 Å². The lowest BCUT2D eigenvalue weighted by molar-refractivity contribution is -0.131. The average Bonchev–Trinajstić information content (AvgIpc) is 2.36. The molecule has 0 bridgehead atoms. The molecular weight excluding hydrogens is 214 g/mol. The highest BCUT2D eigenvalue weighted by molar-refractivity contribution is 5.76. The maximum Gasteiger partial charge on any atom is 0.222 e. The second-order valence-corrected chi connectivity index (χ2v) is 5.21. The molecule has 1 saturated heterocycles. The number of carbonyl (C=O) groups is 1. The third-order valence-electron chi connectivity index (χ3n) is 3.76. The Morgan fingerprint density at radius 2 is 2.35 bits per heavy atom. The molecule has 0 aromatic heterocycles. The monoisotopic (exact) mass is 241 g/mol. The minimum Gasteiger partial charge on any atom is -0.344 e. The first-order valence-electron chi connectivity index (χ1n) is 6.74. The minimum atomic E-state index is 0.276. The van der Waals surface area contributed by atoms with Crippen LogP contribution >= 0.6 is 0 Å². The molecule has 1 rings (SSSR count). The van der Waals surface area contributed by atoms with Crippen molar-refractivity contribution >= 4 is 5.91 Å². The van der Waals surface area contributed by atoms with Gasteiger partial charge in [0.25, 0.3) is 0 Å². The van der Waals surface area contributed by atoms with Gasteiger partial charge in [-0.3, -0.25) is 4.79 Å². The topological polar surface area (TPSA) is 44.4 Å². The molecule has 1 heterocycles. The van der Waals surface area contributed by atoms with Crippen molar-refractivity contribution in [2.24, 2.45) is 11.8 Å². The SMILES string of the molecule is CNCCN(C)C(=O)CC(C)C1CCCNC1. The lowest BCUT2D eigenvalue weighted by atomic mass is 9.85. The Morgan fingerprint density at radius 1 is 1.59 bits per heavy atom. The van der Waals surface area contributed by atoms with E-state index in [2.05, 4.69) is 17.6 Å². The lowest BCUT2D eigenvalue weighted by Crippen LogP contribution is -2.37. The summed E-state index contributed by atoms with van der Waals surface area (Å²) in [6, 6.07) is 0. The molecule has 2 N–H and O–H groups in total. The summed E-state index contributed by atoms with van der Waals surface area (Å²) in [5, 5.41) is 6.48. The molecule has 1 aliphatic heterocycles. The van der Waals surface area contributed by atoms with Gasteiger partial charge in [0, 0.05) is 26.6 Å². The zero-order valence-corrected chi connectivity index (χ0v) is 11.5. The van der Waals surface area contributed by atoms with Crippen LogP contribution < -0.4 is 10.6 Å².